The normalized spacial score (nSPS) is 10.2. The molecule has 0 rings (SSSR count). The van der Waals surface area contributed by atoms with E-state index < -0.39 is 22.6 Å². The fourth-order valence-corrected chi connectivity index (χ4v) is 0.735. The van der Waals surface area contributed by atoms with Crippen molar-refractivity contribution in [1.29, 1.82) is 0 Å². The van der Waals surface area contributed by atoms with Gasteiger partial charge in [0.2, 0.25) is 0 Å². The number of halogens is 1. The van der Waals surface area contributed by atoms with Gasteiger partial charge in [-0.3, -0.25) is 19.7 Å². The molecule has 0 saturated carbocycles. The number of rotatable bonds is 7. The van der Waals surface area contributed by atoms with Crippen LogP contribution in [0.25, 0.3) is 0 Å². The third kappa shape index (κ3) is 3.83. The Balaban J connectivity index is 4.23. The van der Waals surface area contributed by atoms with E-state index in [4.69, 9.17) is 0 Å². The number of nitro groups is 1. The van der Waals surface area contributed by atoms with E-state index in [0.29, 0.717) is 0 Å². The van der Waals surface area contributed by atoms with Gasteiger partial charge >= 0.3 is 4.45 Å². The summed E-state index contributed by atoms with van der Waals surface area (Å²) in [5.41, 5.74) is 0. The van der Waals surface area contributed by atoms with Gasteiger partial charge in [-0.25, -0.2) is 0 Å². The maximum absolute atomic E-state index is 10.4. The van der Waals surface area contributed by atoms with Crippen LogP contribution in [0.5, 0.6) is 0 Å². The van der Waals surface area contributed by atoms with Crippen molar-refractivity contribution in [3.05, 3.63) is 10.1 Å². The van der Waals surface area contributed by atoms with Crippen molar-refractivity contribution in [3.63, 3.8) is 0 Å². The maximum Gasteiger partial charge on any atom is 0.340 e. The van der Waals surface area contributed by atoms with Crippen LogP contribution in [0.15, 0.2) is 0 Å². The third-order valence-electron chi connectivity index (χ3n) is 1.07. The van der Waals surface area contributed by atoms with Crippen molar-refractivity contribution in [1.82, 2.24) is 0 Å². The summed E-state index contributed by atoms with van der Waals surface area (Å²) in [6.45, 7) is -0.893. The van der Waals surface area contributed by atoms with Crippen molar-refractivity contribution < 1.29 is 24.0 Å². The van der Waals surface area contributed by atoms with Crippen LogP contribution < -0.4 is 0 Å². The second-order valence-corrected chi connectivity index (χ2v) is 3.47. The fourth-order valence-electron chi connectivity index (χ4n) is 0.470. The zero-order valence-corrected chi connectivity index (χ0v) is 7.93. The maximum atomic E-state index is 10.4. The Hall–Kier alpha value is -1.18. The highest BCUT2D eigenvalue weighted by Gasteiger charge is 2.42. The molecule has 0 bridgehead atoms. The van der Waals surface area contributed by atoms with Crippen molar-refractivity contribution >= 4 is 28.9 Å². The van der Waals surface area contributed by atoms with Gasteiger partial charge in [0.25, 0.3) is 12.9 Å². The minimum absolute atomic E-state index is 0.0699. The zero-order valence-electron chi connectivity index (χ0n) is 6.34. The molecule has 0 aliphatic carbocycles. The van der Waals surface area contributed by atoms with Gasteiger partial charge in [-0.1, -0.05) is 0 Å². The molecule has 0 unspecified atom stereocenters. The van der Waals surface area contributed by atoms with Crippen molar-refractivity contribution in [2.75, 3.05) is 13.2 Å². The Morgan fingerprint density at radius 3 is 1.92 bits per heavy atom. The molecule has 0 aromatic heterocycles. The van der Waals surface area contributed by atoms with E-state index in [-0.39, 0.29) is 12.9 Å². The quantitative estimate of drug-likeness (QED) is 0.204. The molecule has 0 aromatic carbocycles. The molecule has 0 aromatic rings. The van der Waals surface area contributed by atoms with Crippen molar-refractivity contribution in [3.8, 4) is 0 Å². The molecule has 0 aliphatic heterocycles. The Morgan fingerprint density at radius 2 is 1.69 bits per heavy atom. The van der Waals surface area contributed by atoms with E-state index in [1.165, 1.54) is 0 Å². The summed E-state index contributed by atoms with van der Waals surface area (Å²) >= 11 is 2.68. The lowest BCUT2D eigenvalue weighted by atomic mass is 10.3. The van der Waals surface area contributed by atoms with Crippen LogP contribution in [0.3, 0.4) is 0 Å². The summed E-state index contributed by atoms with van der Waals surface area (Å²) in [6.07, 6.45) is 0. The molecule has 0 atom stereocenters. The smallest absolute Gasteiger partial charge is 0.340 e. The molecule has 0 amide bonds. The van der Waals surface area contributed by atoms with Gasteiger partial charge in [0.15, 0.2) is 13.2 Å². The second-order valence-electron chi connectivity index (χ2n) is 1.99. The average molecular weight is 256 g/mol. The van der Waals surface area contributed by atoms with E-state index in [2.05, 4.69) is 25.4 Å². The minimum Gasteiger partial charge on any atom is -0.459 e. The van der Waals surface area contributed by atoms with Crippen molar-refractivity contribution in [2.24, 2.45) is 0 Å². The lowest BCUT2D eigenvalue weighted by Crippen LogP contribution is -2.41. The van der Waals surface area contributed by atoms with Crippen LogP contribution in [0.1, 0.15) is 0 Å². The van der Waals surface area contributed by atoms with E-state index in [1.54, 1.807) is 0 Å². The van der Waals surface area contributed by atoms with Gasteiger partial charge in [0.1, 0.15) is 0 Å². The molecular formula is C5H6BrNO6. The predicted molar refractivity (Wildman–Crippen MR) is 42.7 cm³/mol. The Kier molecular flexibility index (Phi) is 4.97. The van der Waals surface area contributed by atoms with Gasteiger partial charge in [0, 0.05) is 20.9 Å². The SMILES string of the molecule is O=COCC(Br)(COC=O)[N+](=O)[O-]. The first-order chi connectivity index (χ1) is 6.06. The van der Waals surface area contributed by atoms with Gasteiger partial charge in [-0.2, -0.15) is 0 Å². The minimum atomic E-state index is -1.77. The number of hydrogen-bond acceptors (Lipinski definition) is 6. The van der Waals surface area contributed by atoms with Crippen molar-refractivity contribution in [2.45, 2.75) is 4.45 Å². The van der Waals surface area contributed by atoms with Gasteiger partial charge in [-0.05, 0) is 0 Å². The number of hydrogen-bond donors (Lipinski definition) is 0. The van der Waals surface area contributed by atoms with Gasteiger partial charge in [-0.15, -0.1) is 0 Å². The highest BCUT2D eigenvalue weighted by molar-refractivity contribution is 9.10. The molecular weight excluding hydrogens is 250 g/mol. The molecule has 0 aliphatic rings. The number of ether oxygens (including phenoxy) is 2. The Bertz CT molecular complexity index is 195. The molecule has 0 N–H and O–H groups in total. The van der Waals surface area contributed by atoms with E-state index >= 15 is 0 Å². The van der Waals surface area contributed by atoms with Crippen LogP contribution in [0, 0.1) is 10.1 Å². The molecule has 7 nitrogen and oxygen atoms in total. The zero-order chi connectivity index (χ0) is 10.3. The lowest BCUT2D eigenvalue weighted by molar-refractivity contribution is -0.541. The number of carbonyl (C=O) groups excluding carboxylic acids is 2. The standard InChI is InChI=1S/C5H6BrNO6/c6-5(7(10)11,1-12-3-8)2-13-4-9/h3-4H,1-2H2. The van der Waals surface area contributed by atoms with Crippen LogP contribution in [0.2, 0.25) is 0 Å². The van der Waals surface area contributed by atoms with Crippen LogP contribution >= 0.6 is 15.9 Å². The first-order valence-corrected chi connectivity index (χ1v) is 3.80. The summed E-state index contributed by atoms with van der Waals surface area (Å²) in [5.74, 6) is 0. The summed E-state index contributed by atoms with van der Waals surface area (Å²) in [5, 5.41) is 10.4. The van der Waals surface area contributed by atoms with Crippen LogP contribution in [-0.2, 0) is 19.1 Å². The monoisotopic (exact) mass is 255 g/mol. The highest BCUT2D eigenvalue weighted by atomic mass is 79.9. The predicted octanol–water partition coefficient (Wildman–Crippen LogP) is -0.300. The molecule has 74 valence electrons. The summed E-state index contributed by atoms with van der Waals surface area (Å²) in [7, 11) is 0. The molecule has 0 radical (unpaired) electrons. The largest absolute Gasteiger partial charge is 0.459 e. The fraction of sp³-hybridized carbons (Fsp3) is 0.600. The Labute approximate surface area is 81.3 Å². The molecule has 13 heavy (non-hydrogen) atoms. The molecule has 0 saturated heterocycles. The van der Waals surface area contributed by atoms with Crippen LogP contribution in [0.4, 0.5) is 0 Å². The summed E-state index contributed by atoms with van der Waals surface area (Å²) in [4.78, 5) is 29.2. The third-order valence-corrected chi connectivity index (χ3v) is 1.82. The molecule has 0 fully saturated rings. The van der Waals surface area contributed by atoms with E-state index in [1.807, 2.05) is 0 Å². The van der Waals surface area contributed by atoms with E-state index in [9.17, 15) is 19.7 Å². The highest BCUT2D eigenvalue weighted by Crippen LogP contribution is 2.19. The molecule has 0 spiro atoms. The molecule has 0 heterocycles. The number of alkyl halides is 1. The van der Waals surface area contributed by atoms with Gasteiger partial charge < -0.3 is 9.47 Å². The first kappa shape index (κ1) is 11.8. The summed E-state index contributed by atoms with van der Waals surface area (Å²) < 4.78 is 6.61. The number of nitrogens with zero attached hydrogens (tertiary/aromatic N) is 1. The average Bonchev–Trinajstić information content (AvgIpc) is 2.11. The first-order valence-electron chi connectivity index (χ1n) is 3.01. The molecule has 8 heteroatoms. The topological polar surface area (TPSA) is 95.7 Å². The lowest BCUT2D eigenvalue weighted by Gasteiger charge is -2.15. The second kappa shape index (κ2) is 5.46. The van der Waals surface area contributed by atoms with E-state index in [0.717, 1.165) is 0 Å². The summed E-state index contributed by atoms with van der Waals surface area (Å²) in [6, 6.07) is 0. The number of carbonyl (C=O) groups is 2. The van der Waals surface area contributed by atoms with Gasteiger partial charge in [0.05, 0.1) is 0 Å². The Morgan fingerprint density at radius 1 is 1.31 bits per heavy atom. The van der Waals surface area contributed by atoms with Crippen LogP contribution in [-0.4, -0.2) is 35.5 Å².